The summed E-state index contributed by atoms with van der Waals surface area (Å²) in [4.78, 5) is 5.36. The molecule has 1 aliphatic heterocycles. The SMILES string of the molecule is C=CCONC1CN[C@H](CO[Si](C)(C)C(C)(C)C)C=C1COC. The van der Waals surface area contributed by atoms with E-state index in [1.165, 1.54) is 5.57 Å². The third kappa shape index (κ3) is 6.49. The molecular weight excluding hydrogens is 308 g/mol. The predicted molar refractivity (Wildman–Crippen MR) is 98.0 cm³/mol. The largest absolute Gasteiger partial charge is 0.415 e. The van der Waals surface area contributed by atoms with E-state index < -0.39 is 8.32 Å². The van der Waals surface area contributed by atoms with Crippen molar-refractivity contribution in [2.24, 2.45) is 0 Å². The molecule has 1 unspecified atom stereocenters. The van der Waals surface area contributed by atoms with Gasteiger partial charge in [-0.1, -0.05) is 32.9 Å². The first-order valence-corrected chi connectivity index (χ1v) is 11.2. The second-order valence-corrected chi connectivity index (χ2v) is 12.3. The molecule has 0 aromatic carbocycles. The first-order valence-electron chi connectivity index (χ1n) is 8.26. The van der Waals surface area contributed by atoms with Crippen molar-refractivity contribution in [3.05, 3.63) is 24.3 Å². The summed E-state index contributed by atoms with van der Waals surface area (Å²) in [6.07, 6.45) is 3.92. The second-order valence-electron chi connectivity index (χ2n) is 7.53. The van der Waals surface area contributed by atoms with Crippen LogP contribution in [0.5, 0.6) is 0 Å². The monoisotopic (exact) mass is 342 g/mol. The van der Waals surface area contributed by atoms with Crippen LogP contribution in [-0.2, 0) is 14.0 Å². The Labute approximate surface area is 142 Å². The van der Waals surface area contributed by atoms with E-state index in [0.717, 1.165) is 6.54 Å². The summed E-state index contributed by atoms with van der Waals surface area (Å²) in [5, 5.41) is 3.73. The smallest absolute Gasteiger partial charge is 0.192 e. The second kappa shape index (κ2) is 9.10. The zero-order valence-corrected chi connectivity index (χ0v) is 16.6. The average Bonchev–Trinajstić information content (AvgIpc) is 2.46. The number of hydrogen-bond donors (Lipinski definition) is 2. The van der Waals surface area contributed by atoms with Gasteiger partial charge in [0.15, 0.2) is 8.32 Å². The molecule has 0 radical (unpaired) electrons. The van der Waals surface area contributed by atoms with E-state index >= 15 is 0 Å². The molecule has 0 amide bonds. The molecule has 2 atom stereocenters. The van der Waals surface area contributed by atoms with Gasteiger partial charge in [0.25, 0.3) is 0 Å². The minimum atomic E-state index is -1.72. The molecule has 23 heavy (non-hydrogen) atoms. The lowest BCUT2D eigenvalue weighted by atomic mass is 10.0. The molecule has 1 rings (SSSR count). The third-order valence-electron chi connectivity index (χ3n) is 4.61. The van der Waals surface area contributed by atoms with Gasteiger partial charge in [0.05, 0.1) is 25.9 Å². The quantitative estimate of drug-likeness (QED) is 0.292. The highest BCUT2D eigenvalue weighted by atomic mass is 28.4. The maximum absolute atomic E-state index is 6.32. The van der Waals surface area contributed by atoms with Crippen molar-refractivity contribution in [3.8, 4) is 0 Å². The van der Waals surface area contributed by atoms with Crippen LogP contribution in [0.4, 0.5) is 0 Å². The molecule has 6 heteroatoms. The summed E-state index contributed by atoms with van der Waals surface area (Å²) >= 11 is 0. The number of ether oxygens (including phenoxy) is 1. The maximum Gasteiger partial charge on any atom is 0.192 e. The van der Waals surface area contributed by atoms with E-state index in [1.807, 2.05) is 0 Å². The Balaban J connectivity index is 2.63. The van der Waals surface area contributed by atoms with Gasteiger partial charge in [-0.05, 0) is 23.7 Å². The van der Waals surface area contributed by atoms with E-state index in [0.29, 0.717) is 19.8 Å². The predicted octanol–water partition coefficient (Wildman–Crippen LogP) is 2.63. The van der Waals surface area contributed by atoms with Crippen LogP contribution in [0.1, 0.15) is 20.8 Å². The van der Waals surface area contributed by atoms with Crippen molar-refractivity contribution in [1.82, 2.24) is 10.8 Å². The number of nitrogens with one attached hydrogen (secondary N) is 2. The van der Waals surface area contributed by atoms with E-state index in [2.05, 4.69) is 57.3 Å². The Morgan fingerprint density at radius 2 is 2.13 bits per heavy atom. The molecule has 0 spiro atoms. The highest BCUT2D eigenvalue weighted by Gasteiger charge is 2.37. The summed E-state index contributed by atoms with van der Waals surface area (Å²) in [6.45, 7) is 17.5. The van der Waals surface area contributed by atoms with Gasteiger partial charge < -0.3 is 14.5 Å². The first kappa shape index (κ1) is 20.5. The van der Waals surface area contributed by atoms with Crippen LogP contribution >= 0.6 is 0 Å². The van der Waals surface area contributed by atoms with E-state index in [4.69, 9.17) is 14.0 Å². The molecule has 0 aromatic heterocycles. The highest BCUT2D eigenvalue weighted by Crippen LogP contribution is 2.36. The van der Waals surface area contributed by atoms with Gasteiger partial charge >= 0.3 is 0 Å². The summed E-state index contributed by atoms with van der Waals surface area (Å²) in [7, 11) is -0.0102. The fourth-order valence-electron chi connectivity index (χ4n) is 2.10. The average molecular weight is 343 g/mol. The molecule has 1 aliphatic rings. The molecule has 2 N–H and O–H groups in total. The zero-order chi connectivity index (χ0) is 17.5. The summed E-state index contributed by atoms with van der Waals surface area (Å²) in [5.74, 6) is 0. The van der Waals surface area contributed by atoms with Crippen molar-refractivity contribution >= 4 is 8.32 Å². The molecule has 1 heterocycles. The van der Waals surface area contributed by atoms with Crippen LogP contribution in [0, 0.1) is 0 Å². The number of methoxy groups -OCH3 is 1. The Bertz CT molecular complexity index is 405. The van der Waals surface area contributed by atoms with E-state index in [1.54, 1.807) is 13.2 Å². The molecule has 0 bridgehead atoms. The molecule has 0 saturated carbocycles. The Morgan fingerprint density at radius 1 is 1.43 bits per heavy atom. The van der Waals surface area contributed by atoms with Crippen molar-refractivity contribution in [3.63, 3.8) is 0 Å². The molecular formula is C17H34N2O3Si. The summed E-state index contributed by atoms with van der Waals surface area (Å²) in [6, 6.07) is 0.325. The lowest BCUT2D eigenvalue weighted by Crippen LogP contribution is -2.51. The number of rotatable bonds is 9. The Kier molecular flexibility index (Phi) is 8.13. The van der Waals surface area contributed by atoms with Gasteiger partial charge in [0, 0.05) is 19.7 Å². The van der Waals surface area contributed by atoms with Gasteiger partial charge in [-0.25, -0.2) is 0 Å². The molecule has 0 aromatic rings. The number of hydroxylamine groups is 1. The van der Waals surface area contributed by atoms with E-state index in [9.17, 15) is 0 Å². The minimum absolute atomic E-state index is 0.110. The van der Waals surface area contributed by atoms with Gasteiger partial charge in [0.1, 0.15) is 0 Å². The Hall–Kier alpha value is -0.503. The zero-order valence-electron chi connectivity index (χ0n) is 15.6. The van der Waals surface area contributed by atoms with Gasteiger partial charge in [-0.3, -0.25) is 4.84 Å². The summed E-state index contributed by atoms with van der Waals surface area (Å²) < 4.78 is 11.6. The van der Waals surface area contributed by atoms with Crippen molar-refractivity contribution < 1.29 is 14.0 Å². The molecule has 0 aliphatic carbocycles. The number of hydrogen-bond acceptors (Lipinski definition) is 5. The van der Waals surface area contributed by atoms with Crippen LogP contribution in [0.15, 0.2) is 24.3 Å². The lowest BCUT2D eigenvalue weighted by molar-refractivity contribution is 0.0372. The van der Waals surface area contributed by atoms with Gasteiger partial charge in [-0.15, -0.1) is 6.58 Å². The van der Waals surface area contributed by atoms with Gasteiger partial charge in [-0.2, -0.15) is 5.48 Å². The van der Waals surface area contributed by atoms with Crippen molar-refractivity contribution in [1.29, 1.82) is 0 Å². The third-order valence-corrected chi connectivity index (χ3v) is 9.12. The van der Waals surface area contributed by atoms with Crippen LogP contribution in [0.25, 0.3) is 0 Å². The van der Waals surface area contributed by atoms with Crippen LogP contribution < -0.4 is 10.8 Å². The topological polar surface area (TPSA) is 51.8 Å². The van der Waals surface area contributed by atoms with Crippen molar-refractivity contribution in [2.75, 3.05) is 33.5 Å². The van der Waals surface area contributed by atoms with E-state index in [-0.39, 0.29) is 17.1 Å². The van der Waals surface area contributed by atoms with Gasteiger partial charge in [0.2, 0.25) is 0 Å². The van der Waals surface area contributed by atoms with Crippen LogP contribution in [0.2, 0.25) is 18.1 Å². The molecule has 5 nitrogen and oxygen atoms in total. The highest BCUT2D eigenvalue weighted by molar-refractivity contribution is 6.74. The van der Waals surface area contributed by atoms with Crippen LogP contribution in [0.3, 0.4) is 0 Å². The fourth-order valence-corrected chi connectivity index (χ4v) is 3.13. The molecule has 0 saturated heterocycles. The first-order chi connectivity index (χ1) is 10.7. The fraction of sp³-hybridized carbons (Fsp3) is 0.765. The standard InChI is InChI=1S/C17H34N2O3Si/c1-8-9-21-19-16-11-18-15(10-14(16)12-20-5)13-22-23(6,7)17(2,3)4/h8,10,15-16,18-19H,1,9,11-13H2,2-7H3/t15-,16?/m0/s1. The minimum Gasteiger partial charge on any atom is -0.415 e. The van der Waals surface area contributed by atoms with Crippen LogP contribution in [-0.4, -0.2) is 53.9 Å². The normalized spacial score (nSPS) is 22.8. The van der Waals surface area contributed by atoms with Crippen molar-refractivity contribution in [2.45, 2.75) is 51.0 Å². The summed E-state index contributed by atoms with van der Waals surface area (Å²) in [5.41, 5.74) is 4.25. The lowest BCUT2D eigenvalue weighted by Gasteiger charge is -2.38. The molecule has 0 fully saturated rings. The molecule has 134 valence electrons. The maximum atomic E-state index is 6.32. The Morgan fingerprint density at radius 3 is 2.70 bits per heavy atom.